The zero-order valence-electron chi connectivity index (χ0n) is 15.7. The van der Waals surface area contributed by atoms with Gasteiger partial charge in [-0.1, -0.05) is 13.8 Å². The van der Waals surface area contributed by atoms with E-state index in [0.717, 1.165) is 10.5 Å². The molecule has 7 nitrogen and oxygen atoms in total. The zero-order valence-corrected chi connectivity index (χ0v) is 15.7. The normalized spacial score (nSPS) is 12.0. The van der Waals surface area contributed by atoms with E-state index in [9.17, 15) is 9.59 Å². The maximum Gasteiger partial charge on any atom is 0.425 e. The summed E-state index contributed by atoms with van der Waals surface area (Å²) in [6, 6.07) is 1.63. The minimum atomic E-state index is -0.855. The van der Waals surface area contributed by atoms with Crippen molar-refractivity contribution in [3.8, 4) is 0 Å². The smallest absolute Gasteiger partial charge is 0.425 e. The molecule has 0 N–H and O–H groups in total. The predicted octanol–water partition coefficient (Wildman–Crippen LogP) is 4.28. The molecule has 0 spiro atoms. The maximum absolute atomic E-state index is 12.5. The van der Waals surface area contributed by atoms with E-state index in [2.05, 4.69) is 10.2 Å². The summed E-state index contributed by atoms with van der Waals surface area (Å²) in [5.74, 6) is 0.239. The average Bonchev–Trinajstić information content (AvgIpc) is 2.34. The summed E-state index contributed by atoms with van der Waals surface area (Å²) in [7, 11) is 0. The lowest BCUT2D eigenvalue weighted by Gasteiger charge is -2.28. The fourth-order valence-corrected chi connectivity index (χ4v) is 1.67. The van der Waals surface area contributed by atoms with Crippen LogP contribution in [0.25, 0.3) is 0 Å². The van der Waals surface area contributed by atoms with E-state index < -0.39 is 23.4 Å². The lowest BCUT2D eigenvalue weighted by molar-refractivity contribution is 0.0428. The Hall–Kier alpha value is -2.18. The van der Waals surface area contributed by atoms with Gasteiger partial charge in [0.2, 0.25) is 0 Å². The highest BCUT2D eigenvalue weighted by Gasteiger charge is 2.34. The lowest BCUT2D eigenvalue weighted by atomic mass is 10.1. The molecule has 2 amide bonds. The third-order valence-electron chi connectivity index (χ3n) is 2.71. The molecule has 0 unspecified atom stereocenters. The third-order valence-corrected chi connectivity index (χ3v) is 2.71. The van der Waals surface area contributed by atoms with E-state index in [0.29, 0.717) is 0 Å². The van der Waals surface area contributed by atoms with Crippen LogP contribution in [0, 0.1) is 0 Å². The molecule has 0 aliphatic rings. The van der Waals surface area contributed by atoms with Crippen molar-refractivity contribution in [1.29, 1.82) is 0 Å². The SMILES string of the molecule is CC(C)c1cnnc(N(C(=O)OC(C)(C)C)C(=O)OC(C)(C)C)c1. The van der Waals surface area contributed by atoms with Gasteiger partial charge in [-0.15, -0.1) is 5.10 Å². The molecule has 134 valence electrons. The molecule has 24 heavy (non-hydrogen) atoms. The van der Waals surface area contributed by atoms with Gasteiger partial charge in [-0.2, -0.15) is 10.00 Å². The van der Waals surface area contributed by atoms with Crippen LogP contribution in [-0.2, 0) is 9.47 Å². The molecular weight excluding hydrogens is 310 g/mol. The molecule has 0 bridgehead atoms. The van der Waals surface area contributed by atoms with Crippen molar-refractivity contribution in [2.24, 2.45) is 0 Å². The Morgan fingerprint density at radius 3 is 1.83 bits per heavy atom. The van der Waals surface area contributed by atoms with E-state index in [-0.39, 0.29) is 11.7 Å². The molecule has 0 aliphatic heterocycles. The molecule has 0 radical (unpaired) electrons. The molecule has 0 aliphatic carbocycles. The van der Waals surface area contributed by atoms with E-state index >= 15 is 0 Å². The second-order valence-electron chi connectivity index (χ2n) is 7.80. The van der Waals surface area contributed by atoms with Crippen LogP contribution in [0.4, 0.5) is 15.4 Å². The van der Waals surface area contributed by atoms with Crippen LogP contribution < -0.4 is 4.90 Å². The van der Waals surface area contributed by atoms with Gasteiger partial charge in [-0.25, -0.2) is 9.59 Å². The van der Waals surface area contributed by atoms with Gasteiger partial charge in [0, 0.05) is 0 Å². The summed E-state index contributed by atoms with van der Waals surface area (Å²) in [6.07, 6.45) is -0.116. The summed E-state index contributed by atoms with van der Waals surface area (Å²) >= 11 is 0. The topological polar surface area (TPSA) is 81.6 Å². The fourth-order valence-electron chi connectivity index (χ4n) is 1.67. The van der Waals surface area contributed by atoms with Crippen molar-refractivity contribution in [3.05, 3.63) is 17.8 Å². The zero-order chi connectivity index (χ0) is 18.7. The Morgan fingerprint density at radius 2 is 1.46 bits per heavy atom. The largest absolute Gasteiger partial charge is 0.443 e. The summed E-state index contributed by atoms with van der Waals surface area (Å²) in [6.45, 7) is 14.3. The monoisotopic (exact) mass is 337 g/mol. The standard InChI is InChI=1S/C17H27N3O4/c1-11(2)12-9-13(19-18-10-12)20(14(21)23-16(3,4)5)15(22)24-17(6,7)8/h9-11H,1-8H3. The number of aromatic nitrogens is 2. The number of nitrogens with zero attached hydrogens (tertiary/aromatic N) is 3. The lowest BCUT2D eigenvalue weighted by Crippen LogP contribution is -2.44. The number of hydrogen-bond acceptors (Lipinski definition) is 6. The molecule has 1 heterocycles. The number of amides is 2. The molecule has 1 rings (SSSR count). The number of carbonyl (C=O) groups excluding carboxylic acids is 2. The molecule has 0 saturated heterocycles. The first-order chi connectivity index (χ1) is 10.8. The predicted molar refractivity (Wildman–Crippen MR) is 91.1 cm³/mol. The highest BCUT2D eigenvalue weighted by Crippen LogP contribution is 2.22. The van der Waals surface area contributed by atoms with Crippen LogP contribution in [0.15, 0.2) is 12.3 Å². The van der Waals surface area contributed by atoms with Gasteiger partial charge >= 0.3 is 12.2 Å². The van der Waals surface area contributed by atoms with Gasteiger partial charge in [0.15, 0.2) is 5.82 Å². The van der Waals surface area contributed by atoms with Crippen molar-refractivity contribution in [2.45, 2.75) is 72.5 Å². The quantitative estimate of drug-likeness (QED) is 0.801. The second-order valence-corrected chi connectivity index (χ2v) is 7.80. The van der Waals surface area contributed by atoms with Crippen molar-refractivity contribution in [3.63, 3.8) is 0 Å². The van der Waals surface area contributed by atoms with Gasteiger partial charge < -0.3 is 9.47 Å². The van der Waals surface area contributed by atoms with Gasteiger partial charge in [-0.3, -0.25) is 0 Å². The Kier molecular flexibility index (Phi) is 5.92. The van der Waals surface area contributed by atoms with Gasteiger partial charge in [0.05, 0.1) is 6.20 Å². The Bertz CT molecular complexity index is 573. The summed E-state index contributed by atoms with van der Waals surface area (Å²) in [4.78, 5) is 25.8. The summed E-state index contributed by atoms with van der Waals surface area (Å²) in [5, 5.41) is 7.78. The van der Waals surface area contributed by atoms with Crippen molar-refractivity contribution < 1.29 is 19.1 Å². The Morgan fingerprint density at radius 1 is 1.00 bits per heavy atom. The average molecular weight is 337 g/mol. The van der Waals surface area contributed by atoms with E-state index in [4.69, 9.17) is 9.47 Å². The third kappa shape index (κ3) is 6.14. The van der Waals surface area contributed by atoms with E-state index in [1.54, 1.807) is 53.8 Å². The molecule has 0 fully saturated rings. The van der Waals surface area contributed by atoms with Crippen LogP contribution in [0.3, 0.4) is 0 Å². The van der Waals surface area contributed by atoms with Crippen LogP contribution in [0.2, 0.25) is 0 Å². The van der Waals surface area contributed by atoms with Crippen LogP contribution in [0.1, 0.15) is 66.9 Å². The summed E-state index contributed by atoms with van der Waals surface area (Å²) in [5.41, 5.74) is -0.682. The number of imide groups is 1. The Balaban J connectivity index is 3.25. The number of carbonyl (C=O) groups is 2. The molecule has 0 saturated carbocycles. The Labute approximate surface area is 143 Å². The fraction of sp³-hybridized carbons (Fsp3) is 0.647. The first-order valence-electron chi connectivity index (χ1n) is 7.89. The maximum atomic E-state index is 12.5. The van der Waals surface area contributed by atoms with Gasteiger partial charge in [0.1, 0.15) is 11.2 Å². The number of rotatable bonds is 2. The first kappa shape index (κ1) is 19.9. The van der Waals surface area contributed by atoms with Crippen LogP contribution in [-0.4, -0.2) is 33.6 Å². The second kappa shape index (κ2) is 7.15. The number of ether oxygens (including phenoxy) is 2. The molecule has 7 heteroatoms. The first-order valence-corrected chi connectivity index (χ1v) is 7.89. The molecular formula is C17H27N3O4. The number of anilines is 1. The minimum Gasteiger partial charge on any atom is -0.443 e. The van der Waals surface area contributed by atoms with Crippen molar-refractivity contribution in [1.82, 2.24) is 10.2 Å². The molecule has 1 aromatic rings. The van der Waals surface area contributed by atoms with Crippen LogP contribution in [0.5, 0.6) is 0 Å². The number of hydrogen-bond donors (Lipinski definition) is 0. The van der Waals surface area contributed by atoms with E-state index in [1.165, 1.54) is 0 Å². The highest BCUT2D eigenvalue weighted by molar-refractivity contribution is 6.08. The molecule has 1 aromatic heterocycles. The highest BCUT2D eigenvalue weighted by atomic mass is 16.6. The van der Waals surface area contributed by atoms with Gasteiger partial charge in [-0.05, 0) is 59.1 Å². The van der Waals surface area contributed by atoms with E-state index in [1.807, 2.05) is 13.8 Å². The van der Waals surface area contributed by atoms with Crippen molar-refractivity contribution in [2.75, 3.05) is 4.90 Å². The summed E-state index contributed by atoms with van der Waals surface area (Å²) < 4.78 is 10.6. The van der Waals surface area contributed by atoms with Crippen LogP contribution >= 0.6 is 0 Å². The molecule has 0 atom stereocenters. The minimum absolute atomic E-state index is 0.0738. The van der Waals surface area contributed by atoms with Crippen molar-refractivity contribution >= 4 is 18.0 Å². The molecule has 0 aromatic carbocycles. The van der Waals surface area contributed by atoms with Gasteiger partial charge in [0.25, 0.3) is 0 Å².